The quantitative estimate of drug-likeness (QED) is 0.280. The second kappa shape index (κ2) is 14.1. The summed E-state index contributed by atoms with van der Waals surface area (Å²) in [7, 11) is -3.44. The number of rotatable bonds is 11. The summed E-state index contributed by atoms with van der Waals surface area (Å²) in [6.07, 6.45) is -5.49. The molecule has 2 heterocycles. The molecule has 0 bridgehead atoms. The van der Waals surface area contributed by atoms with Crippen LogP contribution in [0.3, 0.4) is 0 Å². The third-order valence-electron chi connectivity index (χ3n) is 7.67. The van der Waals surface area contributed by atoms with Crippen LogP contribution in [0, 0.1) is 11.3 Å². The molecule has 0 saturated carbocycles. The average molecular weight is 668 g/mol. The van der Waals surface area contributed by atoms with Gasteiger partial charge in [0.2, 0.25) is 5.95 Å². The molecule has 0 aliphatic carbocycles. The molecule has 46 heavy (non-hydrogen) atoms. The van der Waals surface area contributed by atoms with Crippen molar-refractivity contribution in [2.75, 3.05) is 30.4 Å². The van der Waals surface area contributed by atoms with Crippen LogP contribution >= 0.6 is 0 Å². The molecule has 1 unspecified atom stereocenters. The smallest absolute Gasteiger partial charge is 0.394 e. The lowest BCUT2D eigenvalue weighted by Crippen LogP contribution is -2.47. The third-order valence-corrected chi connectivity index (χ3v) is 9.42. The number of ether oxygens (including phenoxy) is 1. The number of nitriles is 1. The number of benzene rings is 2. The van der Waals surface area contributed by atoms with Crippen LogP contribution in [0.5, 0.6) is 0 Å². The van der Waals surface area contributed by atoms with E-state index >= 15 is 0 Å². The molecule has 1 aromatic heterocycles. The second-order valence-electron chi connectivity index (χ2n) is 10.6. The zero-order valence-electron chi connectivity index (χ0n) is 24.4. The molecular formula is C30H30F5N5O5S. The SMILES string of the molecule is CCS(=O)(=O)c1ccc([C@H](CO)NC(=O)c2cnc(N3CC(c4ccc(C(F)(F)F)cc4)CC[C@H]3COC(F)(F)C#N)nc2)cc1. The number of amides is 1. The van der Waals surface area contributed by atoms with Crippen molar-refractivity contribution in [2.45, 2.75) is 54.9 Å². The van der Waals surface area contributed by atoms with Gasteiger partial charge in [-0.3, -0.25) is 4.79 Å². The molecule has 3 aromatic rings. The highest BCUT2D eigenvalue weighted by Gasteiger charge is 2.37. The van der Waals surface area contributed by atoms with Crippen LogP contribution in [0.25, 0.3) is 0 Å². The summed E-state index contributed by atoms with van der Waals surface area (Å²) in [6, 6.07) is 9.51. The molecule has 2 N–H and O–H groups in total. The Balaban J connectivity index is 1.52. The molecule has 0 spiro atoms. The molecule has 1 fully saturated rings. The first-order valence-corrected chi connectivity index (χ1v) is 15.8. The lowest BCUT2D eigenvalue weighted by Gasteiger charge is -2.40. The van der Waals surface area contributed by atoms with E-state index in [0.717, 1.165) is 18.2 Å². The average Bonchev–Trinajstić information content (AvgIpc) is 3.06. The molecule has 4 rings (SSSR count). The van der Waals surface area contributed by atoms with Gasteiger partial charge in [-0.05, 0) is 48.2 Å². The highest BCUT2D eigenvalue weighted by molar-refractivity contribution is 7.91. The predicted molar refractivity (Wildman–Crippen MR) is 155 cm³/mol. The maximum Gasteiger partial charge on any atom is 0.448 e. The maximum absolute atomic E-state index is 13.6. The zero-order chi connectivity index (χ0) is 33.7. The van der Waals surface area contributed by atoms with Crippen LogP contribution in [-0.2, 0) is 20.8 Å². The standard InChI is InChI=1S/C30H30F5N5O5S/c1-2-46(43,44)25-11-6-20(7-12-25)26(16-41)39-27(42)22-13-37-28(38-14-22)40-15-21(5-10-24(40)17-45-29(31,32)18-36)19-3-8-23(9-4-19)30(33,34)35/h3-4,6-9,11-14,21,24,26,41H,2,5,10,15-17H2,1H3,(H,39,42)/t21?,24-,26-/m0/s1. The molecule has 1 aliphatic heterocycles. The monoisotopic (exact) mass is 667 g/mol. The first kappa shape index (κ1) is 34.7. The number of aliphatic hydroxyl groups is 1. The van der Waals surface area contributed by atoms with Crippen LogP contribution in [-0.4, -0.2) is 67.1 Å². The van der Waals surface area contributed by atoms with Gasteiger partial charge >= 0.3 is 12.3 Å². The first-order valence-electron chi connectivity index (χ1n) is 14.1. The number of aromatic nitrogens is 2. The highest BCUT2D eigenvalue weighted by Crippen LogP contribution is 2.35. The summed E-state index contributed by atoms with van der Waals surface area (Å²) in [6.45, 7) is 0.567. The molecule has 16 heteroatoms. The van der Waals surface area contributed by atoms with E-state index in [1.54, 1.807) is 4.90 Å². The second-order valence-corrected chi connectivity index (χ2v) is 12.9. The lowest BCUT2D eigenvalue weighted by atomic mass is 9.87. The molecule has 1 amide bonds. The Hall–Kier alpha value is -4.20. The summed E-state index contributed by atoms with van der Waals surface area (Å²) in [5, 5.41) is 21.1. The Kier molecular flexibility index (Phi) is 10.6. The third kappa shape index (κ3) is 8.33. The van der Waals surface area contributed by atoms with Crippen molar-refractivity contribution in [3.8, 4) is 6.07 Å². The predicted octanol–water partition coefficient (Wildman–Crippen LogP) is 4.64. The minimum atomic E-state index is -4.51. The van der Waals surface area contributed by atoms with E-state index in [1.807, 2.05) is 0 Å². The Morgan fingerprint density at radius 2 is 1.72 bits per heavy atom. The van der Waals surface area contributed by atoms with E-state index < -0.39 is 58.9 Å². The van der Waals surface area contributed by atoms with E-state index in [-0.39, 0.29) is 41.0 Å². The van der Waals surface area contributed by atoms with Crippen molar-refractivity contribution in [3.63, 3.8) is 0 Å². The molecule has 0 radical (unpaired) electrons. The van der Waals surface area contributed by atoms with E-state index in [9.17, 15) is 40.3 Å². The van der Waals surface area contributed by atoms with Crippen molar-refractivity contribution >= 4 is 21.7 Å². The number of hydrogen-bond acceptors (Lipinski definition) is 9. The van der Waals surface area contributed by atoms with Gasteiger partial charge in [0, 0.05) is 24.9 Å². The number of sulfone groups is 1. The van der Waals surface area contributed by atoms with E-state index in [1.165, 1.54) is 55.7 Å². The highest BCUT2D eigenvalue weighted by atomic mass is 32.2. The van der Waals surface area contributed by atoms with E-state index in [0.29, 0.717) is 17.5 Å². The van der Waals surface area contributed by atoms with Crippen molar-refractivity contribution in [2.24, 2.45) is 0 Å². The zero-order valence-corrected chi connectivity index (χ0v) is 25.2. The van der Waals surface area contributed by atoms with E-state index in [2.05, 4.69) is 20.0 Å². The first-order chi connectivity index (χ1) is 21.7. The Morgan fingerprint density at radius 3 is 2.26 bits per heavy atom. The van der Waals surface area contributed by atoms with Crippen LogP contribution < -0.4 is 10.2 Å². The molecule has 2 aromatic carbocycles. The molecular weight excluding hydrogens is 637 g/mol. The largest absolute Gasteiger partial charge is 0.448 e. The Morgan fingerprint density at radius 1 is 1.09 bits per heavy atom. The number of aliphatic hydroxyl groups excluding tert-OH is 1. The van der Waals surface area contributed by atoms with Crippen molar-refractivity contribution < 1.29 is 45.0 Å². The van der Waals surface area contributed by atoms with Crippen molar-refractivity contribution in [1.29, 1.82) is 5.26 Å². The fourth-order valence-corrected chi connectivity index (χ4v) is 5.92. The number of carbonyl (C=O) groups is 1. The molecule has 246 valence electrons. The normalized spacial score (nSPS) is 18.1. The Bertz CT molecular complexity index is 1650. The summed E-state index contributed by atoms with van der Waals surface area (Å²) in [5.41, 5.74) is 0.220. The topological polar surface area (TPSA) is 146 Å². The fourth-order valence-electron chi connectivity index (χ4n) is 5.03. The van der Waals surface area contributed by atoms with Gasteiger partial charge in [0.1, 0.15) is 0 Å². The summed E-state index contributed by atoms with van der Waals surface area (Å²) in [5.74, 6) is -1.03. The van der Waals surface area contributed by atoms with Gasteiger partial charge in [0.15, 0.2) is 15.9 Å². The number of nitrogens with zero attached hydrogens (tertiary/aromatic N) is 4. The fraction of sp³-hybridized carbons (Fsp3) is 0.400. The van der Waals surface area contributed by atoms with Gasteiger partial charge in [-0.25, -0.2) is 18.4 Å². The van der Waals surface area contributed by atoms with Crippen LogP contribution in [0.2, 0.25) is 0 Å². The number of halogens is 5. The number of anilines is 1. The molecule has 3 atom stereocenters. The number of piperidine rings is 1. The Labute approximate surface area is 261 Å². The van der Waals surface area contributed by atoms with Crippen molar-refractivity contribution in [3.05, 3.63) is 83.2 Å². The number of nitrogens with one attached hydrogen (secondary N) is 1. The maximum atomic E-state index is 13.6. The summed E-state index contributed by atoms with van der Waals surface area (Å²) in [4.78, 5) is 23.1. The number of carbonyl (C=O) groups excluding carboxylic acids is 1. The number of alkyl halides is 5. The van der Waals surface area contributed by atoms with Crippen LogP contribution in [0.4, 0.5) is 27.9 Å². The van der Waals surface area contributed by atoms with E-state index in [4.69, 9.17) is 5.26 Å². The van der Waals surface area contributed by atoms with Crippen LogP contribution in [0.15, 0.2) is 65.8 Å². The lowest BCUT2D eigenvalue weighted by molar-refractivity contribution is -0.196. The minimum absolute atomic E-state index is 0.00695. The number of hydrogen-bond donors (Lipinski definition) is 2. The van der Waals surface area contributed by atoms with Gasteiger partial charge in [-0.15, -0.1) is 0 Å². The molecule has 1 aliphatic rings. The van der Waals surface area contributed by atoms with Gasteiger partial charge in [0.05, 0.1) is 47.1 Å². The van der Waals surface area contributed by atoms with Gasteiger partial charge < -0.3 is 20.1 Å². The van der Waals surface area contributed by atoms with Crippen LogP contribution in [0.1, 0.15) is 58.8 Å². The summed E-state index contributed by atoms with van der Waals surface area (Å²) < 4.78 is 95.0. The van der Waals surface area contributed by atoms with Gasteiger partial charge in [-0.2, -0.15) is 27.2 Å². The molecule has 10 nitrogen and oxygen atoms in total. The summed E-state index contributed by atoms with van der Waals surface area (Å²) >= 11 is 0. The molecule has 1 saturated heterocycles. The van der Waals surface area contributed by atoms with Gasteiger partial charge in [0.25, 0.3) is 5.91 Å². The van der Waals surface area contributed by atoms with Gasteiger partial charge in [-0.1, -0.05) is 31.2 Å². The minimum Gasteiger partial charge on any atom is -0.394 e. The van der Waals surface area contributed by atoms with Crippen molar-refractivity contribution in [1.82, 2.24) is 15.3 Å².